The maximum Gasteiger partial charge on any atom is 0.245 e. The highest BCUT2D eigenvalue weighted by molar-refractivity contribution is 5.58. The highest BCUT2D eigenvalue weighted by Crippen LogP contribution is 2.16. The molecule has 18 heavy (non-hydrogen) atoms. The smallest absolute Gasteiger partial charge is 0.245 e. The molecule has 0 amide bonds. The van der Waals surface area contributed by atoms with Gasteiger partial charge in [-0.1, -0.05) is 30.3 Å². The van der Waals surface area contributed by atoms with Crippen molar-refractivity contribution in [2.24, 2.45) is 0 Å². The van der Waals surface area contributed by atoms with Crippen molar-refractivity contribution in [3.8, 4) is 11.3 Å². The molecule has 5 nitrogen and oxygen atoms in total. The molecule has 0 aliphatic rings. The van der Waals surface area contributed by atoms with Crippen LogP contribution in [0.1, 0.15) is 0 Å². The van der Waals surface area contributed by atoms with Gasteiger partial charge in [0.2, 0.25) is 5.95 Å². The first-order valence-corrected chi connectivity index (χ1v) is 5.76. The lowest BCUT2D eigenvalue weighted by atomic mass is 10.2. The van der Waals surface area contributed by atoms with Crippen LogP contribution in [0.5, 0.6) is 0 Å². The molecule has 0 saturated carbocycles. The number of rotatable bonds is 5. The molecule has 5 heteroatoms. The zero-order chi connectivity index (χ0) is 12.8. The van der Waals surface area contributed by atoms with Crippen molar-refractivity contribution in [1.29, 1.82) is 0 Å². The zero-order valence-electron chi connectivity index (χ0n) is 10.6. The second-order valence-corrected chi connectivity index (χ2v) is 3.92. The maximum absolute atomic E-state index is 5.03. The molecule has 0 spiro atoms. The number of aromatic nitrogens is 3. The molecule has 0 bridgehead atoms. The lowest BCUT2D eigenvalue weighted by molar-refractivity contribution is 0.206. The summed E-state index contributed by atoms with van der Waals surface area (Å²) < 4.78 is 5.03. The standard InChI is InChI=1S/C13H16N4O/c1-17(8-9-18-2)13-15-12(10-14-16-13)11-6-4-3-5-7-11/h3-7,10H,8-9H2,1-2H3. The first kappa shape index (κ1) is 12.4. The van der Waals surface area contributed by atoms with Crippen LogP contribution in [0.2, 0.25) is 0 Å². The number of likely N-dealkylation sites (N-methyl/N-ethyl adjacent to an activating group) is 1. The van der Waals surface area contributed by atoms with Crippen LogP contribution >= 0.6 is 0 Å². The van der Waals surface area contributed by atoms with Crippen LogP contribution < -0.4 is 4.90 Å². The van der Waals surface area contributed by atoms with Gasteiger partial charge in [-0.2, -0.15) is 5.10 Å². The lowest BCUT2D eigenvalue weighted by Crippen LogP contribution is -2.24. The molecule has 2 rings (SSSR count). The number of hydrogen-bond acceptors (Lipinski definition) is 5. The first-order valence-electron chi connectivity index (χ1n) is 5.76. The second kappa shape index (κ2) is 6.07. The summed E-state index contributed by atoms with van der Waals surface area (Å²) in [5.41, 5.74) is 1.86. The third-order valence-electron chi connectivity index (χ3n) is 2.59. The fourth-order valence-electron chi connectivity index (χ4n) is 1.53. The van der Waals surface area contributed by atoms with Crippen LogP contribution in [0.4, 0.5) is 5.95 Å². The first-order chi connectivity index (χ1) is 8.81. The van der Waals surface area contributed by atoms with Gasteiger partial charge in [0.15, 0.2) is 0 Å². The van der Waals surface area contributed by atoms with Crippen LogP contribution in [-0.2, 0) is 4.74 Å². The molecule has 0 unspecified atom stereocenters. The molecule has 0 N–H and O–H groups in total. The Bertz CT molecular complexity index is 489. The van der Waals surface area contributed by atoms with Crippen LogP contribution in [-0.4, -0.2) is 42.5 Å². The molecule has 0 radical (unpaired) electrons. The monoisotopic (exact) mass is 244 g/mol. The Labute approximate surface area is 106 Å². The molecular weight excluding hydrogens is 228 g/mol. The predicted octanol–water partition coefficient (Wildman–Crippen LogP) is 1.62. The van der Waals surface area contributed by atoms with Crippen LogP contribution in [0.15, 0.2) is 36.5 Å². The van der Waals surface area contributed by atoms with Gasteiger partial charge in [-0.15, -0.1) is 5.10 Å². The quantitative estimate of drug-likeness (QED) is 0.800. The normalized spacial score (nSPS) is 10.3. The summed E-state index contributed by atoms with van der Waals surface area (Å²) in [5.74, 6) is 0.605. The third-order valence-corrected chi connectivity index (χ3v) is 2.59. The predicted molar refractivity (Wildman–Crippen MR) is 70.4 cm³/mol. The van der Waals surface area contributed by atoms with Gasteiger partial charge >= 0.3 is 0 Å². The second-order valence-electron chi connectivity index (χ2n) is 3.92. The van der Waals surface area contributed by atoms with E-state index >= 15 is 0 Å². The number of ether oxygens (including phenoxy) is 1. The number of hydrogen-bond donors (Lipinski definition) is 0. The topological polar surface area (TPSA) is 51.1 Å². The third kappa shape index (κ3) is 3.01. The fourth-order valence-corrected chi connectivity index (χ4v) is 1.53. The maximum atomic E-state index is 5.03. The number of methoxy groups -OCH3 is 1. The van der Waals surface area contributed by atoms with Gasteiger partial charge in [-0.05, 0) is 0 Å². The molecule has 0 fully saturated rings. The largest absolute Gasteiger partial charge is 0.383 e. The summed E-state index contributed by atoms with van der Waals surface area (Å²) in [4.78, 5) is 6.41. The van der Waals surface area contributed by atoms with E-state index in [1.54, 1.807) is 13.3 Å². The average Bonchev–Trinajstić information content (AvgIpc) is 2.46. The minimum Gasteiger partial charge on any atom is -0.383 e. The highest BCUT2D eigenvalue weighted by atomic mass is 16.5. The SMILES string of the molecule is COCCN(C)c1nncc(-c2ccccc2)n1. The molecule has 94 valence electrons. The summed E-state index contributed by atoms with van der Waals surface area (Å²) in [6, 6.07) is 9.94. The van der Waals surface area contributed by atoms with Crippen LogP contribution in [0.3, 0.4) is 0 Å². The minimum atomic E-state index is 0.605. The Hall–Kier alpha value is -2.01. The van der Waals surface area contributed by atoms with E-state index in [-0.39, 0.29) is 0 Å². The Balaban J connectivity index is 2.20. The minimum absolute atomic E-state index is 0.605. The lowest BCUT2D eigenvalue weighted by Gasteiger charge is -2.15. The molecule has 1 aromatic heterocycles. The van der Waals surface area contributed by atoms with Crippen molar-refractivity contribution >= 4 is 5.95 Å². The summed E-state index contributed by atoms with van der Waals surface area (Å²) in [6.07, 6.45) is 1.67. The Morgan fingerprint density at radius 2 is 2.00 bits per heavy atom. The van der Waals surface area contributed by atoms with Crippen molar-refractivity contribution in [3.63, 3.8) is 0 Å². The molecule has 0 atom stereocenters. The van der Waals surface area contributed by atoms with E-state index in [1.165, 1.54) is 0 Å². The molecule has 0 aliphatic carbocycles. The van der Waals surface area contributed by atoms with E-state index in [9.17, 15) is 0 Å². The van der Waals surface area contributed by atoms with Gasteiger partial charge in [0.25, 0.3) is 0 Å². The summed E-state index contributed by atoms with van der Waals surface area (Å²) in [7, 11) is 3.60. The molecule has 0 saturated heterocycles. The molecular formula is C13H16N4O. The Kier molecular flexibility index (Phi) is 4.20. The summed E-state index contributed by atoms with van der Waals surface area (Å²) in [5, 5.41) is 8.02. The Morgan fingerprint density at radius 3 is 2.72 bits per heavy atom. The van der Waals surface area contributed by atoms with Gasteiger partial charge in [-0.25, -0.2) is 4.98 Å². The van der Waals surface area contributed by atoms with E-state index < -0.39 is 0 Å². The van der Waals surface area contributed by atoms with Crippen LogP contribution in [0, 0.1) is 0 Å². The highest BCUT2D eigenvalue weighted by Gasteiger charge is 2.07. The molecule has 2 aromatic rings. The Morgan fingerprint density at radius 1 is 1.22 bits per heavy atom. The van der Waals surface area contributed by atoms with Crippen molar-refractivity contribution < 1.29 is 4.74 Å². The van der Waals surface area contributed by atoms with Gasteiger partial charge in [-0.3, -0.25) is 0 Å². The summed E-state index contributed by atoms with van der Waals surface area (Å²) >= 11 is 0. The van der Waals surface area contributed by atoms with Gasteiger partial charge in [0.1, 0.15) is 0 Å². The van der Waals surface area contributed by atoms with E-state index in [0.29, 0.717) is 12.6 Å². The average molecular weight is 244 g/mol. The van der Waals surface area contributed by atoms with Crippen LogP contribution in [0.25, 0.3) is 11.3 Å². The van der Waals surface area contributed by atoms with Gasteiger partial charge in [0, 0.05) is 26.3 Å². The van der Waals surface area contributed by atoms with Gasteiger partial charge < -0.3 is 9.64 Å². The molecule has 0 aliphatic heterocycles. The van der Waals surface area contributed by atoms with E-state index in [2.05, 4.69) is 15.2 Å². The fraction of sp³-hybridized carbons (Fsp3) is 0.308. The van der Waals surface area contributed by atoms with Gasteiger partial charge in [0.05, 0.1) is 18.5 Å². The van der Waals surface area contributed by atoms with E-state index in [1.807, 2.05) is 42.3 Å². The zero-order valence-corrected chi connectivity index (χ0v) is 10.6. The van der Waals surface area contributed by atoms with Crippen molar-refractivity contribution in [2.45, 2.75) is 0 Å². The molecule has 1 aromatic carbocycles. The summed E-state index contributed by atoms with van der Waals surface area (Å²) in [6.45, 7) is 1.37. The number of benzene rings is 1. The van der Waals surface area contributed by atoms with E-state index in [4.69, 9.17) is 4.74 Å². The number of nitrogens with zero attached hydrogens (tertiary/aromatic N) is 4. The van der Waals surface area contributed by atoms with Crippen molar-refractivity contribution in [1.82, 2.24) is 15.2 Å². The molecule has 1 heterocycles. The number of anilines is 1. The van der Waals surface area contributed by atoms with E-state index in [0.717, 1.165) is 17.8 Å². The van der Waals surface area contributed by atoms with Crippen molar-refractivity contribution in [3.05, 3.63) is 36.5 Å². The van der Waals surface area contributed by atoms with Crippen molar-refractivity contribution in [2.75, 3.05) is 32.2 Å².